The predicted octanol–water partition coefficient (Wildman–Crippen LogP) is 3.68. The van der Waals surface area contributed by atoms with E-state index in [2.05, 4.69) is 10.2 Å². The van der Waals surface area contributed by atoms with Gasteiger partial charge in [0, 0.05) is 18.2 Å². The van der Waals surface area contributed by atoms with Crippen molar-refractivity contribution in [2.75, 3.05) is 0 Å². The maximum absolute atomic E-state index is 12.7. The van der Waals surface area contributed by atoms with Crippen molar-refractivity contribution in [1.29, 1.82) is 0 Å². The molecule has 0 aliphatic heterocycles. The van der Waals surface area contributed by atoms with E-state index in [1.807, 2.05) is 6.92 Å². The van der Waals surface area contributed by atoms with Gasteiger partial charge in [-0.1, -0.05) is 6.92 Å². The van der Waals surface area contributed by atoms with Gasteiger partial charge in [0.15, 0.2) is 0 Å². The van der Waals surface area contributed by atoms with E-state index in [4.69, 9.17) is 0 Å². The van der Waals surface area contributed by atoms with Crippen molar-refractivity contribution in [3.63, 3.8) is 0 Å². The number of aryl methyl sites for hydroxylation is 1. The minimum absolute atomic E-state index is 0.215. The van der Waals surface area contributed by atoms with Crippen molar-refractivity contribution in [2.24, 2.45) is 0 Å². The Balaban J connectivity index is 2.18. The summed E-state index contributed by atoms with van der Waals surface area (Å²) in [6.45, 7) is 1.93. The van der Waals surface area contributed by atoms with Crippen molar-refractivity contribution >= 4 is 5.52 Å². The van der Waals surface area contributed by atoms with E-state index in [-0.39, 0.29) is 5.56 Å². The Morgan fingerprint density at radius 2 is 1.95 bits per heavy atom. The number of phenolic OH excluding ortho intramolecular Hbond substituents is 1. The smallest absolute Gasteiger partial charge is 0.416 e. The summed E-state index contributed by atoms with van der Waals surface area (Å²) >= 11 is 0. The van der Waals surface area contributed by atoms with E-state index < -0.39 is 17.5 Å². The Labute approximate surface area is 123 Å². The third-order valence-electron chi connectivity index (χ3n) is 3.43. The monoisotopic (exact) mass is 307 g/mol. The lowest BCUT2D eigenvalue weighted by molar-refractivity contribution is -0.137. The Hall–Kier alpha value is -2.57. The topological polar surface area (TPSA) is 50.4 Å². The van der Waals surface area contributed by atoms with Crippen molar-refractivity contribution < 1.29 is 18.3 Å². The minimum atomic E-state index is -4.50. The molecule has 1 aromatic carbocycles. The van der Waals surface area contributed by atoms with Crippen LogP contribution in [-0.4, -0.2) is 19.7 Å². The fraction of sp³-hybridized carbons (Fsp3) is 0.200. The first-order valence-corrected chi connectivity index (χ1v) is 6.65. The maximum atomic E-state index is 12.7. The van der Waals surface area contributed by atoms with Gasteiger partial charge >= 0.3 is 6.18 Å². The molecule has 2 aromatic heterocycles. The standard InChI is InChI=1S/C15H12F3N3O/c1-2-13-19-20-14(11-4-3-7-21(11)13)10-6-5-9(8-12(10)22)15(16,17)18/h3-8,22H,2H2,1H3. The second kappa shape index (κ2) is 5.01. The Morgan fingerprint density at radius 3 is 2.59 bits per heavy atom. The zero-order valence-corrected chi connectivity index (χ0v) is 11.6. The van der Waals surface area contributed by atoms with Crippen molar-refractivity contribution in [3.8, 4) is 17.0 Å². The van der Waals surface area contributed by atoms with Crippen LogP contribution in [0.3, 0.4) is 0 Å². The summed E-state index contributed by atoms with van der Waals surface area (Å²) in [6.07, 6.45) is -2.04. The first-order chi connectivity index (χ1) is 10.4. The lowest BCUT2D eigenvalue weighted by Crippen LogP contribution is -2.05. The molecule has 1 N–H and O–H groups in total. The first kappa shape index (κ1) is 14.4. The molecule has 0 saturated carbocycles. The summed E-state index contributed by atoms with van der Waals surface area (Å²) in [5.41, 5.74) is 0.334. The van der Waals surface area contributed by atoms with Crippen LogP contribution in [0.4, 0.5) is 13.2 Å². The van der Waals surface area contributed by atoms with E-state index in [9.17, 15) is 18.3 Å². The summed E-state index contributed by atoms with van der Waals surface area (Å²) in [5, 5.41) is 18.1. The second-order valence-corrected chi connectivity index (χ2v) is 4.81. The molecule has 0 spiro atoms. The highest BCUT2D eigenvalue weighted by molar-refractivity contribution is 5.80. The molecule has 0 unspecified atom stereocenters. The molecule has 4 nitrogen and oxygen atoms in total. The molecule has 2 heterocycles. The highest BCUT2D eigenvalue weighted by Crippen LogP contribution is 2.37. The average molecular weight is 307 g/mol. The molecule has 0 aliphatic rings. The SMILES string of the molecule is CCc1nnc(-c2ccc(C(F)(F)F)cc2O)c2cccn12. The minimum Gasteiger partial charge on any atom is -0.507 e. The average Bonchev–Trinajstić information content (AvgIpc) is 2.95. The van der Waals surface area contributed by atoms with Crippen molar-refractivity contribution in [3.05, 3.63) is 47.9 Å². The fourth-order valence-corrected chi connectivity index (χ4v) is 2.35. The van der Waals surface area contributed by atoms with Crippen LogP contribution in [0, 0.1) is 0 Å². The van der Waals surface area contributed by atoms with Crippen LogP contribution in [0.5, 0.6) is 5.75 Å². The Morgan fingerprint density at radius 1 is 1.18 bits per heavy atom. The number of phenols is 1. The van der Waals surface area contributed by atoms with Gasteiger partial charge in [-0.15, -0.1) is 10.2 Å². The van der Waals surface area contributed by atoms with Gasteiger partial charge in [0.1, 0.15) is 17.3 Å². The zero-order chi connectivity index (χ0) is 15.9. The van der Waals surface area contributed by atoms with Gasteiger partial charge in [-0.3, -0.25) is 0 Å². The van der Waals surface area contributed by atoms with Crippen molar-refractivity contribution in [2.45, 2.75) is 19.5 Å². The lowest BCUT2D eigenvalue weighted by Gasteiger charge is -2.11. The molecule has 0 radical (unpaired) electrons. The number of fused-ring (bicyclic) bond motifs is 1. The molecule has 0 aliphatic carbocycles. The van der Waals surface area contributed by atoms with Gasteiger partial charge in [0.05, 0.1) is 11.1 Å². The number of hydrogen-bond acceptors (Lipinski definition) is 3. The zero-order valence-electron chi connectivity index (χ0n) is 11.6. The molecule has 0 bridgehead atoms. The summed E-state index contributed by atoms with van der Waals surface area (Å²) < 4.78 is 39.8. The van der Waals surface area contributed by atoms with Gasteiger partial charge in [0.25, 0.3) is 0 Å². The van der Waals surface area contributed by atoms with E-state index >= 15 is 0 Å². The largest absolute Gasteiger partial charge is 0.507 e. The molecule has 114 valence electrons. The number of nitrogens with zero attached hydrogens (tertiary/aromatic N) is 3. The third kappa shape index (κ3) is 2.28. The van der Waals surface area contributed by atoms with E-state index in [0.717, 1.165) is 11.9 Å². The molecule has 3 aromatic rings. The highest BCUT2D eigenvalue weighted by atomic mass is 19.4. The van der Waals surface area contributed by atoms with E-state index in [1.165, 1.54) is 6.07 Å². The Bertz CT molecular complexity index is 840. The van der Waals surface area contributed by atoms with Crippen LogP contribution in [0.25, 0.3) is 16.8 Å². The van der Waals surface area contributed by atoms with Gasteiger partial charge in [-0.25, -0.2) is 0 Å². The fourth-order valence-electron chi connectivity index (χ4n) is 2.35. The van der Waals surface area contributed by atoms with Gasteiger partial charge in [0.2, 0.25) is 0 Å². The van der Waals surface area contributed by atoms with Crippen molar-refractivity contribution in [1.82, 2.24) is 14.6 Å². The van der Waals surface area contributed by atoms with Crippen LogP contribution in [-0.2, 0) is 12.6 Å². The van der Waals surface area contributed by atoms with Gasteiger partial charge < -0.3 is 9.51 Å². The number of halogens is 3. The molecular formula is C15H12F3N3O. The number of aromatic nitrogens is 3. The number of benzene rings is 1. The maximum Gasteiger partial charge on any atom is 0.416 e. The molecule has 0 atom stereocenters. The van der Waals surface area contributed by atoms with Crippen LogP contribution in [0.15, 0.2) is 36.5 Å². The molecule has 22 heavy (non-hydrogen) atoms. The molecule has 0 fully saturated rings. The Kier molecular flexibility index (Phi) is 3.27. The van der Waals surface area contributed by atoms with Gasteiger partial charge in [-0.05, 0) is 30.3 Å². The number of alkyl halides is 3. The third-order valence-corrected chi connectivity index (χ3v) is 3.43. The number of hydrogen-bond donors (Lipinski definition) is 1. The van der Waals surface area contributed by atoms with Crippen LogP contribution in [0.1, 0.15) is 18.3 Å². The molecular weight excluding hydrogens is 295 g/mol. The second-order valence-electron chi connectivity index (χ2n) is 4.81. The summed E-state index contributed by atoms with van der Waals surface area (Å²) in [6, 6.07) is 6.40. The summed E-state index contributed by atoms with van der Waals surface area (Å²) in [5.74, 6) is 0.256. The van der Waals surface area contributed by atoms with Crippen LogP contribution < -0.4 is 0 Å². The molecule has 0 amide bonds. The van der Waals surface area contributed by atoms with Crippen LogP contribution >= 0.6 is 0 Å². The van der Waals surface area contributed by atoms with E-state index in [1.54, 1.807) is 22.7 Å². The first-order valence-electron chi connectivity index (χ1n) is 6.65. The van der Waals surface area contributed by atoms with Gasteiger partial charge in [-0.2, -0.15) is 13.2 Å². The molecule has 3 rings (SSSR count). The number of rotatable bonds is 2. The quantitative estimate of drug-likeness (QED) is 0.785. The lowest BCUT2D eigenvalue weighted by atomic mass is 10.1. The highest BCUT2D eigenvalue weighted by Gasteiger charge is 2.31. The van der Waals surface area contributed by atoms with Crippen LogP contribution in [0.2, 0.25) is 0 Å². The predicted molar refractivity (Wildman–Crippen MR) is 74.5 cm³/mol. The summed E-state index contributed by atoms with van der Waals surface area (Å²) in [4.78, 5) is 0. The molecule has 0 saturated heterocycles. The summed E-state index contributed by atoms with van der Waals surface area (Å²) in [7, 11) is 0. The normalized spacial score (nSPS) is 12.0. The number of aromatic hydroxyl groups is 1. The molecule has 7 heteroatoms. The van der Waals surface area contributed by atoms with E-state index in [0.29, 0.717) is 23.7 Å².